The lowest BCUT2D eigenvalue weighted by molar-refractivity contribution is 0.0661. The molecule has 114 valence electrons. The Kier molecular flexibility index (Phi) is 4.87. The maximum absolute atomic E-state index is 12.1. The van der Waals surface area contributed by atoms with E-state index in [1.165, 1.54) is 16.2 Å². The van der Waals surface area contributed by atoms with Crippen LogP contribution in [-0.4, -0.2) is 19.5 Å². The van der Waals surface area contributed by atoms with Crippen LogP contribution < -0.4 is 4.72 Å². The number of rotatable bonds is 6. The minimum atomic E-state index is -3.85. The molecule has 0 aromatic carbocycles. The molecule has 2 N–H and O–H groups in total. The Bertz CT molecular complexity index is 762. The monoisotopic (exact) mass is 393 g/mol. The fourth-order valence-electron chi connectivity index (χ4n) is 1.59. The van der Waals surface area contributed by atoms with Crippen LogP contribution in [0.15, 0.2) is 32.2 Å². The predicted octanol–water partition coefficient (Wildman–Crippen LogP) is 2.84. The highest BCUT2D eigenvalue weighted by atomic mass is 79.9. The van der Waals surface area contributed by atoms with Crippen LogP contribution in [-0.2, 0) is 23.0 Å². The van der Waals surface area contributed by atoms with E-state index in [0.29, 0.717) is 0 Å². The van der Waals surface area contributed by atoms with Crippen molar-refractivity contribution in [3.63, 3.8) is 0 Å². The number of halogens is 1. The van der Waals surface area contributed by atoms with Crippen LogP contribution in [0.5, 0.6) is 0 Å². The van der Waals surface area contributed by atoms with E-state index in [9.17, 15) is 13.2 Å². The van der Waals surface area contributed by atoms with Gasteiger partial charge in [-0.05, 0) is 34.5 Å². The molecule has 0 saturated carbocycles. The molecular weight excluding hydrogens is 382 g/mol. The third kappa shape index (κ3) is 3.73. The highest BCUT2D eigenvalue weighted by molar-refractivity contribution is 9.10. The molecule has 0 radical (unpaired) electrons. The number of aromatic carboxylic acids is 1. The summed E-state index contributed by atoms with van der Waals surface area (Å²) in [6, 6.07) is 4.78. The van der Waals surface area contributed by atoms with Crippen LogP contribution >= 0.6 is 27.3 Å². The second-order valence-electron chi connectivity index (χ2n) is 4.10. The Hall–Kier alpha value is -1.16. The van der Waals surface area contributed by atoms with Gasteiger partial charge in [-0.25, -0.2) is 17.9 Å². The molecule has 2 aromatic heterocycles. The second kappa shape index (κ2) is 6.30. The normalized spacial score (nSPS) is 11.7. The van der Waals surface area contributed by atoms with Crippen molar-refractivity contribution in [1.82, 2.24) is 4.72 Å². The summed E-state index contributed by atoms with van der Waals surface area (Å²) in [7, 11) is -3.85. The SMILES string of the molecule is CCc1ccc(CNS(=O)(=O)c2cc(C(=O)O)oc2Br)s1. The van der Waals surface area contributed by atoms with Crippen molar-refractivity contribution in [3.05, 3.63) is 38.4 Å². The molecule has 0 aliphatic rings. The number of furan rings is 1. The Morgan fingerprint density at radius 1 is 1.43 bits per heavy atom. The highest BCUT2D eigenvalue weighted by Crippen LogP contribution is 2.26. The summed E-state index contributed by atoms with van der Waals surface area (Å²) in [5.41, 5.74) is 0. The predicted molar refractivity (Wildman–Crippen MR) is 81.1 cm³/mol. The minimum absolute atomic E-state index is 0.132. The molecule has 2 rings (SSSR count). The van der Waals surface area contributed by atoms with Gasteiger partial charge in [0.15, 0.2) is 4.67 Å². The first kappa shape index (κ1) is 16.2. The zero-order valence-corrected chi connectivity index (χ0v) is 14.1. The summed E-state index contributed by atoms with van der Waals surface area (Å²) in [5.74, 6) is -1.77. The summed E-state index contributed by atoms with van der Waals surface area (Å²) in [5, 5.41) is 8.80. The number of hydrogen-bond donors (Lipinski definition) is 2. The van der Waals surface area contributed by atoms with Crippen molar-refractivity contribution in [1.29, 1.82) is 0 Å². The van der Waals surface area contributed by atoms with Crippen molar-refractivity contribution in [2.24, 2.45) is 0 Å². The Labute approximate surface area is 134 Å². The molecule has 9 heteroatoms. The smallest absolute Gasteiger partial charge is 0.371 e. The summed E-state index contributed by atoms with van der Waals surface area (Å²) in [4.78, 5) is 12.6. The van der Waals surface area contributed by atoms with E-state index in [-0.39, 0.29) is 16.1 Å². The Balaban J connectivity index is 2.16. The molecule has 0 spiro atoms. The molecule has 0 aliphatic carbocycles. The van der Waals surface area contributed by atoms with Crippen molar-refractivity contribution < 1.29 is 22.7 Å². The highest BCUT2D eigenvalue weighted by Gasteiger charge is 2.24. The molecule has 2 heterocycles. The van der Waals surface area contributed by atoms with Gasteiger partial charge in [-0.2, -0.15) is 0 Å². The molecule has 6 nitrogen and oxygen atoms in total. The number of sulfonamides is 1. The summed E-state index contributed by atoms with van der Waals surface area (Å²) >= 11 is 4.44. The zero-order chi connectivity index (χ0) is 15.6. The van der Waals surface area contributed by atoms with Gasteiger partial charge in [-0.1, -0.05) is 6.92 Å². The van der Waals surface area contributed by atoms with Crippen LogP contribution in [0.4, 0.5) is 0 Å². The number of thiophene rings is 1. The molecule has 2 aromatic rings. The maximum Gasteiger partial charge on any atom is 0.371 e. The van der Waals surface area contributed by atoms with Crippen LogP contribution in [0, 0.1) is 0 Å². The van der Waals surface area contributed by atoms with Gasteiger partial charge in [0.2, 0.25) is 15.8 Å². The number of aryl methyl sites for hydroxylation is 1. The van der Waals surface area contributed by atoms with Crippen LogP contribution in [0.3, 0.4) is 0 Å². The third-order valence-corrected chi connectivity index (χ3v) is 6.15. The van der Waals surface area contributed by atoms with Gasteiger partial charge in [0, 0.05) is 22.4 Å². The molecule has 0 aliphatic heterocycles. The number of nitrogens with one attached hydrogen (secondary N) is 1. The van der Waals surface area contributed by atoms with Gasteiger partial charge in [0.1, 0.15) is 4.90 Å². The lowest BCUT2D eigenvalue weighted by Gasteiger charge is -2.03. The first-order chi connectivity index (χ1) is 9.83. The maximum atomic E-state index is 12.1. The number of hydrogen-bond acceptors (Lipinski definition) is 5. The quantitative estimate of drug-likeness (QED) is 0.786. The first-order valence-corrected chi connectivity index (χ1v) is 9.02. The van der Waals surface area contributed by atoms with E-state index in [4.69, 9.17) is 9.52 Å². The van der Waals surface area contributed by atoms with Crippen molar-refractivity contribution in [3.8, 4) is 0 Å². The number of carbonyl (C=O) groups is 1. The molecule has 0 saturated heterocycles. The molecule has 21 heavy (non-hydrogen) atoms. The third-order valence-electron chi connectivity index (χ3n) is 2.66. The fourth-order valence-corrected chi connectivity index (χ4v) is 4.53. The van der Waals surface area contributed by atoms with E-state index in [0.717, 1.165) is 17.4 Å². The van der Waals surface area contributed by atoms with Gasteiger partial charge in [-0.15, -0.1) is 11.3 Å². The van der Waals surface area contributed by atoms with E-state index in [2.05, 4.69) is 20.7 Å². The second-order valence-corrected chi connectivity index (χ2v) is 7.81. The lowest BCUT2D eigenvalue weighted by atomic mass is 10.4. The van der Waals surface area contributed by atoms with Crippen LogP contribution in [0.2, 0.25) is 0 Å². The van der Waals surface area contributed by atoms with Gasteiger partial charge < -0.3 is 9.52 Å². The lowest BCUT2D eigenvalue weighted by Crippen LogP contribution is -2.22. The molecule has 0 atom stereocenters. The van der Waals surface area contributed by atoms with E-state index in [1.54, 1.807) is 0 Å². The van der Waals surface area contributed by atoms with Gasteiger partial charge >= 0.3 is 5.97 Å². The summed E-state index contributed by atoms with van der Waals surface area (Å²) in [6.45, 7) is 2.17. The average Bonchev–Trinajstić information content (AvgIpc) is 3.03. The first-order valence-electron chi connectivity index (χ1n) is 5.93. The molecular formula is C12H12BrNO5S2. The molecule has 0 bridgehead atoms. The van der Waals surface area contributed by atoms with Gasteiger partial charge in [0.25, 0.3) is 0 Å². The van der Waals surface area contributed by atoms with Crippen molar-refractivity contribution in [2.45, 2.75) is 24.8 Å². The fraction of sp³-hybridized carbons (Fsp3) is 0.250. The van der Waals surface area contributed by atoms with E-state index in [1.807, 2.05) is 19.1 Å². The number of carboxylic acids is 1. The van der Waals surface area contributed by atoms with E-state index < -0.39 is 21.8 Å². The Morgan fingerprint density at radius 3 is 2.62 bits per heavy atom. The molecule has 0 unspecified atom stereocenters. The van der Waals surface area contributed by atoms with Crippen molar-refractivity contribution >= 4 is 43.3 Å². The summed E-state index contributed by atoms with van der Waals surface area (Å²) < 4.78 is 31.4. The summed E-state index contributed by atoms with van der Waals surface area (Å²) in [6.07, 6.45) is 0.896. The molecule has 0 fully saturated rings. The van der Waals surface area contributed by atoms with Crippen LogP contribution in [0.1, 0.15) is 27.2 Å². The largest absolute Gasteiger partial charge is 0.475 e. The topological polar surface area (TPSA) is 96.6 Å². The Morgan fingerprint density at radius 2 is 2.10 bits per heavy atom. The van der Waals surface area contributed by atoms with E-state index >= 15 is 0 Å². The minimum Gasteiger partial charge on any atom is -0.475 e. The standard InChI is InChI=1S/C12H12BrNO5S2/c1-2-7-3-4-8(20-7)6-14-21(17,18)10-5-9(12(15)16)19-11(10)13/h3-5,14H,2,6H2,1H3,(H,15,16). The van der Waals surface area contributed by atoms with Crippen LogP contribution in [0.25, 0.3) is 0 Å². The zero-order valence-electron chi connectivity index (χ0n) is 10.9. The number of carboxylic acid groups (broad SMARTS) is 1. The van der Waals surface area contributed by atoms with Crippen molar-refractivity contribution in [2.75, 3.05) is 0 Å². The van der Waals surface area contributed by atoms with Gasteiger partial charge in [-0.3, -0.25) is 0 Å². The molecule has 0 amide bonds. The van der Waals surface area contributed by atoms with Gasteiger partial charge in [0.05, 0.1) is 0 Å². The average molecular weight is 394 g/mol.